The smallest absolute Gasteiger partial charge is 0.160 e. The highest BCUT2D eigenvalue weighted by Crippen LogP contribution is 2.42. The third-order valence-corrected chi connectivity index (χ3v) is 13.4. The molecule has 0 spiro atoms. The van der Waals surface area contributed by atoms with Crippen molar-refractivity contribution < 1.29 is 0 Å². The van der Waals surface area contributed by atoms with Crippen molar-refractivity contribution in [2.24, 2.45) is 0 Å². The first kappa shape index (κ1) is 45.1. The van der Waals surface area contributed by atoms with Crippen molar-refractivity contribution in [3.05, 3.63) is 247 Å². The van der Waals surface area contributed by atoms with Gasteiger partial charge in [0.05, 0.1) is 86.0 Å². The summed E-state index contributed by atoms with van der Waals surface area (Å²) in [6.45, 7) is 0. The van der Waals surface area contributed by atoms with Crippen LogP contribution in [0.25, 0.3) is 118 Å². The van der Waals surface area contributed by atoms with Gasteiger partial charge in [-0.05, 0) is 95.1 Å². The number of hydrogen-bond donors (Lipinski definition) is 0. The molecule has 0 unspecified atom stereocenters. The van der Waals surface area contributed by atoms with Crippen molar-refractivity contribution in [3.63, 3.8) is 0 Å². The fourth-order valence-electron chi connectivity index (χ4n) is 9.76. The third kappa shape index (κ3) is 8.48. The molecule has 346 valence electrons. The Morgan fingerprint density at radius 1 is 0.293 bits per heavy atom. The van der Waals surface area contributed by atoms with Crippen molar-refractivity contribution in [2.75, 3.05) is 0 Å². The number of fused-ring (bicyclic) bond motifs is 3. The Morgan fingerprint density at radius 2 is 0.693 bits per heavy atom. The topological polar surface area (TPSA) is 152 Å². The molecule has 0 amide bonds. The highest BCUT2D eigenvalue weighted by molar-refractivity contribution is 6.12. The summed E-state index contributed by atoms with van der Waals surface area (Å²) in [6, 6.07) is 82.2. The summed E-state index contributed by atoms with van der Waals surface area (Å²) >= 11 is 0. The number of rotatable bonds is 9. The van der Waals surface area contributed by atoms with Crippen molar-refractivity contribution in [1.29, 1.82) is 21.0 Å². The van der Waals surface area contributed by atoms with Gasteiger partial charge in [0, 0.05) is 44.2 Å². The molecule has 3 heterocycles. The summed E-state index contributed by atoms with van der Waals surface area (Å²) in [7, 11) is 0. The molecule has 0 bridgehead atoms. The molecule has 12 aromatic rings. The van der Waals surface area contributed by atoms with Crippen LogP contribution in [-0.4, -0.2) is 24.5 Å². The summed E-state index contributed by atoms with van der Waals surface area (Å²) < 4.78 is 2.24. The number of hydrogen-bond acceptors (Lipinski definition) is 8. The van der Waals surface area contributed by atoms with Gasteiger partial charge >= 0.3 is 0 Å². The second kappa shape index (κ2) is 19.2. The van der Waals surface area contributed by atoms with Crippen molar-refractivity contribution in [3.8, 4) is 120 Å². The number of aromatic nitrogens is 5. The highest BCUT2D eigenvalue weighted by atomic mass is 15.0. The maximum Gasteiger partial charge on any atom is 0.160 e. The zero-order chi connectivity index (χ0) is 50.8. The second-order valence-corrected chi connectivity index (χ2v) is 17.9. The van der Waals surface area contributed by atoms with Gasteiger partial charge in [-0.2, -0.15) is 21.0 Å². The zero-order valence-electron chi connectivity index (χ0n) is 39.9. The number of nitriles is 4. The van der Waals surface area contributed by atoms with Gasteiger partial charge in [-0.3, -0.25) is 0 Å². The molecule has 0 saturated heterocycles. The molecule has 0 saturated carbocycles. The Bertz CT molecular complexity index is 4140. The molecule has 0 aliphatic rings. The van der Waals surface area contributed by atoms with Gasteiger partial charge in [-0.1, -0.05) is 152 Å². The van der Waals surface area contributed by atoms with E-state index in [4.69, 9.17) is 19.9 Å². The summed E-state index contributed by atoms with van der Waals surface area (Å²) in [6.07, 6.45) is 0. The molecule has 3 aromatic heterocycles. The van der Waals surface area contributed by atoms with Gasteiger partial charge in [0.1, 0.15) is 0 Å². The summed E-state index contributed by atoms with van der Waals surface area (Å²) in [5.41, 5.74) is 15.3. The molecule has 9 heteroatoms. The number of nitrogens with zero attached hydrogens (tertiary/aromatic N) is 9. The molecule has 75 heavy (non-hydrogen) atoms. The lowest BCUT2D eigenvalue weighted by Gasteiger charge is -2.17. The lowest BCUT2D eigenvalue weighted by atomic mass is 9.95. The minimum absolute atomic E-state index is 0.384. The van der Waals surface area contributed by atoms with E-state index in [9.17, 15) is 21.0 Å². The predicted octanol–water partition coefficient (Wildman–Crippen LogP) is 15.2. The molecule has 0 atom stereocenters. The van der Waals surface area contributed by atoms with Crippen LogP contribution in [0.4, 0.5) is 0 Å². The Morgan fingerprint density at radius 3 is 1.13 bits per heavy atom. The molecule has 9 nitrogen and oxygen atoms in total. The molecule has 0 radical (unpaired) electrons. The fraction of sp³-hybridized carbons (Fsp3) is 0. The maximum atomic E-state index is 10.3. The average Bonchev–Trinajstić information content (AvgIpc) is 3.88. The molecule has 0 aliphatic heterocycles. The van der Waals surface area contributed by atoms with E-state index in [0.717, 1.165) is 89.1 Å². The van der Waals surface area contributed by atoms with Crippen LogP contribution in [-0.2, 0) is 0 Å². The monoisotopic (exact) mass is 955 g/mol. The van der Waals surface area contributed by atoms with Gasteiger partial charge in [0.2, 0.25) is 0 Å². The van der Waals surface area contributed by atoms with Crippen LogP contribution in [0.2, 0.25) is 0 Å². The summed E-state index contributed by atoms with van der Waals surface area (Å²) in [5.74, 6) is 1.15. The minimum atomic E-state index is 0.384. The number of benzene rings is 9. The lowest BCUT2D eigenvalue weighted by Crippen LogP contribution is -2.02. The van der Waals surface area contributed by atoms with Crippen molar-refractivity contribution in [2.45, 2.75) is 0 Å². The van der Waals surface area contributed by atoms with Crippen molar-refractivity contribution >= 4 is 21.8 Å². The summed E-state index contributed by atoms with van der Waals surface area (Å²) in [4.78, 5) is 20.9. The average molecular weight is 956 g/mol. The largest absolute Gasteiger partial charge is 0.309 e. The Hall–Kier alpha value is -11.1. The van der Waals surface area contributed by atoms with Crippen LogP contribution in [0.1, 0.15) is 22.3 Å². The first-order valence-corrected chi connectivity index (χ1v) is 24.1. The quantitative estimate of drug-likeness (QED) is 0.139. The van der Waals surface area contributed by atoms with E-state index < -0.39 is 0 Å². The van der Waals surface area contributed by atoms with E-state index in [1.807, 2.05) is 133 Å². The van der Waals surface area contributed by atoms with Crippen LogP contribution in [0.3, 0.4) is 0 Å². The van der Waals surface area contributed by atoms with Crippen LogP contribution < -0.4 is 0 Å². The predicted molar refractivity (Wildman–Crippen MR) is 294 cm³/mol. The van der Waals surface area contributed by atoms with E-state index >= 15 is 0 Å². The first-order valence-electron chi connectivity index (χ1n) is 24.1. The third-order valence-electron chi connectivity index (χ3n) is 13.4. The normalized spacial score (nSPS) is 10.9. The Balaban J connectivity index is 1.16. The van der Waals surface area contributed by atoms with Crippen molar-refractivity contribution in [1.82, 2.24) is 24.5 Å². The van der Waals surface area contributed by atoms with E-state index in [1.54, 1.807) is 24.3 Å². The van der Waals surface area contributed by atoms with Crippen LogP contribution in [0.15, 0.2) is 224 Å². The molecule has 12 rings (SSSR count). The molecule has 9 aromatic carbocycles. The van der Waals surface area contributed by atoms with Gasteiger partial charge in [0.15, 0.2) is 11.6 Å². The minimum Gasteiger partial charge on any atom is -0.309 e. The van der Waals surface area contributed by atoms with E-state index in [1.165, 1.54) is 0 Å². The van der Waals surface area contributed by atoms with Crippen LogP contribution in [0, 0.1) is 45.3 Å². The molecule has 0 aliphatic carbocycles. The SMILES string of the molecule is N#Cc1ccc(-c2ccc3c(c2)c2cc(-c4ccc(C#N)cc4C#N)ccc2n3-c2ccc(-c3cc(-c4ccccc4)nc(-c4ccccc4)n3)cc2-c2cc(-c3ccccc3)nc(-c3ccccc3)n2)c(C#N)c1. The van der Waals surface area contributed by atoms with Gasteiger partial charge in [-0.25, -0.2) is 19.9 Å². The van der Waals surface area contributed by atoms with Gasteiger partial charge in [0.25, 0.3) is 0 Å². The Kier molecular flexibility index (Phi) is 11.6. The summed E-state index contributed by atoms with van der Waals surface area (Å²) in [5, 5.41) is 41.9. The standard InChI is InChI=1S/C66H37N9/c67-38-42-21-26-53(51(31-42)40-69)48-23-28-62-55(33-48)56-34-49(54-27-22-43(39-68)32-52(54)41-70)24-29-63(56)75(62)64-30-25-50(60-36-58(44-13-5-1-6-14-44)71-65(73-60)46-17-9-3-10-18-46)35-57(64)61-37-59(45-15-7-2-8-16-45)72-66(74-61)47-19-11-4-12-20-47/h1-37H. The van der Waals surface area contributed by atoms with E-state index in [-0.39, 0.29) is 0 Å². The van der Waals surface area contributed by atoms with Crippen LogP contribution >= 0.6 is 0 Å². The Labute approximate surface area is 432 Å². The molecule has 0 fully saturated rings. The maximum absolute atomic E-state index is 10.3. The van der Waals surface area contributed by atoms with E-state index in [2.05, 4.69) is 95.6 Å². The van der Waals surface area contributed by atoms with E-state index in [0.29, 0.717) is 50.7 Å². The van der Waals surface area contributed by atoms with Gasteiger partial charge < -0.3 is 4.57 Å². The second-order valence-electron chi connectivity index (χ2n) is 17.9. The fourth-order valence-corrected chi connectivity index (χ4v) is 9.76. The van der Waals surface area contributed by atoms with Gasteiger partial charge in [-0.15, -0.1) is 0 Å². The molecular weight excluding hydrogens is 919 g/mol. The first-order chi connectivity index (χ1) is 37.0. The lowest BCUT2D eigenvalue weighted by molar-refractivity contribution is 1.15. The van der Waals surface area contributed by atoms with Crippen LogP contribution in [0.5, 0.6) is 0 Å². The molecular formula is C66H37N9. The highest BCUT2D eigenvalue weighted by Gasteiger charge is 2.22. The molecule has 0 N–H and O–H groups in total. The zero-order valence-corrected chi connectivity index (χ0v) is 39.9.